The molecule has 0 aromatic carbocycles. The van der Waals surface area contributed by atoms with Crippen LogP contribution in [0.3, 0.4) is 0 Å². The molecule has 0 amide bonds. The first-order valence-electron chi connectivity index (χ1n) is 8.51. The third-order valence-electron chi connectivity index (χ3n) is 5.67. The number of esters is 1. The Bertz CT molecular complexity index is 538. The predicted octanol–water partition coefficient (Wildman–Crippen LogP) is 4.18. The Hall–Kier alpha value is -1.35. The topological polar surface area (TPSA) is 46.5 Å². The number of carbonyl (C=O) groups excluding carboxylic acids is 1. The summed E-state index contributed by atoms with van der Waals surface area (Å²) in [6.45, 7) is 15.8. The minimum absolute atomic E-state index is 0.0527. The van der Waals surface area contributed by atoms with E-state index in [1.165, 1.54) is 0 Å². The number of rotatable bonds is 4. The van der Waals surface area contributed by atoms with E-state index < -0.39 is 11.7 Å². The Kier molecular flexibility index (Phi) is 4.91. The molecule has 4 atom stereocenters. The molecule has 3 heteroatoms. The maximum absolute atomic E-state index is 12.4. The molecule has 1 fully saturated rings. The molecule has 1 heterocycles. The Morgan fingerprint density at radius 3 is 2.65 bits per heavy atom. The molecule has 23 heavy (non-hydrogen) atoms. The molecular weight excluding hydrogens is 288 g/mol. The van der Waals surface area contributed by atoms with E-state index in [4.69, 9.17) is 4.74 Å². The largest absolute Gasteiger partial charge is 0.456 e. The Labute approximate surface area is 140 Å². The van der Waals surface area contributed by atoms with Gasteiger partial charge < -0.3 is 9.84 Å². The summed E-state index contributed by atoms with van der Waals surface area (Å²) in [7, 11) is 0. The molecule has 4 unspecified atom stereocenters. The van der Waals surface area contributed by atoms with E-state index >= 15 is 0 Å². The van der Waals surface area contributed by atoms with Crippen molar-refractivity contribution in [3.8, 4) is 0 Å². The maximum Gasteiger partial charge on any atom is 0.334 e. The molecule has 0 spiro atoms. The fourth-order valence-corrected chi connectivity index (χ4v) is 3.95. The van der Waals surface area contributed by atoms with Gasteiger partial charge in [-0.1, -0.05) is 31.2 Å². The lowest BCUT2D eigenvalue weighted by Gasteiger charge is -2.44. The number of ether oxygens (including phenoxy) is 1. The van der Waals surface area contributed by atoms with Crippen molar-refractivity contribution in [1.29, 1.82) is 0 Å². The Balaban J connectivity index is 2.17. The summed E-state index contributed by atoms with van der Waals surface area (Å²) in [6.07, 6.45) is 7.01. The molecule has 1 aliphatic carbocycles. The van der Waals surface area contributed by atoms with Gasteiger partial charge in [0.25, 0.3) is 0 Å². The highest BCUT2D eigenvalue weighted by molar-refractivity contribution is 5.90. The van der Waals surface area contributed by atoms with Gasteiger partial charge in [-0.05, 0) is 57.3 Å². The van der Waals surface area contributed by atoms with Crippen LogP contribution in [-0.4, -0.2) is 22.8 Å². The van der Waals surface area contributed by atoms with E-state index in [2.05, 4.69) is 27.0 Å². The highest BCUT2D eigenvalue weighted by Crippen LogP contribution is 2.49. The third-order valence-corrected chi connectivity index (χ3v) is 5.67. The number of carbonyl (C=O) groups is 1. The van der Waals surface area contributed by atoms with Gasteiger partial charge in [-0.15, -0.1) is 6.58 Å². The number of hydrogen-bond acceptors (Lipinski definition) is 3. The van der Waals surface area contributed by atoms with Gasteiger partial charge in [-0.2, -0.15) is 0 Å². The minimum atomic E-state index is -1.01. The molecular formula is C20H30O3. The number of cyclic esters (lactones) is 1. The average Bonchev–Trinajstić information content (AvgIpc) is 2.46. The molecule has 0 saturated heterocycles. The number of aliphatic hydroxyl groups is 1. The van der Waals surface area contributed by atoms with E-state index in [-0.39, 0.29) is 17.3 Å². The molecule has 128 valence electrons. The second-order valence-corrected chi connectivity index (χ2v) is 8.02. The zero-order chi connectivity index (χ0) is 17.4. The van der Waals surface area contributed by atoms with Crippen LogP contribution >= 0.6 is 0 Å². The van der Waals surface area contributed by atoms with Crippen LogP contribution in [0, 0.1) is 17.3 Å². The van der Waals surface area contributed by atoms with Crippen LogP contribution in [0.1, 0.15) is 53.4 Å². The van der Waals surface area contributed by atoms with Crippen molar-refractivity contribution < 1.29 is 14.6 Å². The zero-order valence-corrected chi connectivity index (χ0v) is 14.9. The minimum Gasteiger partial charge on any atom is -0.456 e. The lowest BCUT2D eigenvalue weighted by Crippen LogP contribution is -2.43. The van der Waals surface area contributed by atoms with Crippen molar-refractivity contribution in [3.63, 3.8) is 0 Å². The first-order chi connectivity index (χ1) is 10.6. The van der Waals surface area contributed by atoms with Crippen molar-refractivity contribution in [2.45, 2.75) is 65.1 Å². The van der Waals surface area contributed by atoms with Gasteiger partial charge >= 0.3 is 5.97 Å². The van der Waals surface area contributed by atoms with Crippen molar-refractivity contribution in [3.05, 3.63) is 36.5 Å². The van der Waals surface area contributed by atoms with Crippen LogP contribution in [0.2, 0.25) is 0 Å². The van der Waals surface area contributed by atoms with E-state index in [1.54, 1.807) is 13.8 Å². The standard InChI is InChI=1S/C20H30O3/c1-7-20(6)11-10-14(12-16(20)13(2)3)15-8-9-17(19(4,5)22)23-18(15)21/h7-8,14,16-17,22H,1-2,9-12H2,3-6H3. The first-order valence-corrected chi connectivity index (χ1v) is 8.51. The van der Waals surface area contributed by atoms with E-state index in [1.807, 2.05) is 12.2 Å². The van der Waals surface area contributed by atoms with Gasteiger partial charge in [0.05, 0.1) is 5.60 Å². The predicted molar refractivity (Wildman–Crippen MR) is 92.8 cm³/mol. The third kappa shape index (κ3) is 3.60. The normalized spacial score (nSPS) is 35.3. The van der Waals surface area contributed by atoms with E-state index in [0.717, 1.165) is 30.4 Å². The molecule has 0 aromatic heterocycles. The fraction of sp³-hybridized carbons (Fsp3) is 0.650. The molecule has 3 nitrogen and oxygen atoms in total. The lowest BCUT2D eigenvalue weighted by molar-refractivity contribution is -0.159. The fourth-order valence-electron chi connectivity index (χ4n) is 3.95. The number of hydrogen-bond donors (Lipinski definition) is 1. The number of allylic oxidation sites excluding steroid dienone is 2. The summed E-state index contributed by atoms with van der Waals surface area (Å²) in [5.74, 6) is 0.274. The average molecular weight is 318 g/mol. The van der Waals surface area contributed by atoms with E-state index in [0.29, 0.717) is 12.3 Å². The summed E-state index contributed by atoms with van der Waals surface area (Å²) in [4.78, 5) is 12.4. The van der Waals surface area contributed by atoms with Gasteiger partial charge in [0.2, 0.25) is 0 Å². The highest BCUT2D eigenvalue weighted by atomic mass is 16.6. The molecule has 0 aromatic rings. The van der Waals surface area contributed by atoms with Gasteiger partial charge in [0.15, 0.2) is 0 Å². The monoisotopic (exact) mass is 318 g/mol. The summed E-state index contributed by atoms with van der Waals surface area (Å²) >= 11 is 0. The maximum atomic E-state index is 12.4. The molecule has 0 radical (unpaired) electrons. The summed E-state index contributed by atoms with van der Waals surface area (Å²) in [5.41, 5.74) is 0.974. The van der Waals surface area contributed by atoms with Crippen molar-refractivity contribution in [2.75, 3.05) is 0 Å². The van der Waals surface area contributed by atoms with Gasteiger partial charge in [0.1, 0.15) is 6.10 Å². The van der Waals surface area contributed by atoms with Gasteiger partial charge in [-0.3, -0.25) is 0 Å². The van der Waals surface area contributed by atoms with Crippen LogP contribution < -0.4 is 0 Å². The second-order valence-electron chi connectivity index (χ2n) is 8.02. The van der Waals surface area contributed by atoms with Crippen LogP contribution in [0.4, 0.5) is 0 Å². The van der Waals surface area contributed by atoms with Crippen molar-refractivity contribution in [2.24, 2.45) is 17.3 Å². The second kappa shape index (κ2) is 6.27. The van der Waals surface area contributed by atoms with Crippen molar-refractivity contribution in [1.82, 2.24) is 0 Å². The Morgan fingerprint density at radius 2 is 2.17 bits per heavy atom. The van der Waals surface area contributed by atoms with E-state index in [9.17, 15) is 9.90 Å². The molecule has 1 aliphatic heterocycles. The molecule has 2 rings (SSSR count). The molecule has 0 bridgehead atoms. The zero-order valence-electron chi connectivity index (χ0n) is 14.9. The molecule has 1 saturated carbocycles. The smallest absolute Gasteiger partial charge is 0.334 e. The van der Waals surface area contributed by atoms with Gasteiger partial charge in [0, 0.05) is 12.0 Å². The summed E-state index contributed by atoms with van der Waals surface area (Å²) < 4.78 is 5.49. The quantitative estimate of drug-likeness (QED) is 0.624. The summed E-state index contributed by atoms with van der Waals surface area (Å²) in [5, 5.41) is 10.0. The van der Waals surface area contributed by atoms with Crippen LogP contribution in [0.15, 0.2) is 36.5 Å². The molecule has 1 N–H and O–H groups in total. The van der Waals surface area contributed by atoms with Crippen molar-refractivity contribution >= 4 is 5.97 Å². The lowest BCUT2D eigenvalue weighted by atomic mass is 9.61. The molecule has 2 aliphatic rings. The van der Waals surface area contributed by atoms with Crippen LogP contribution in [0.5, 0.6) is 0 Å². The first kappa shape index (κ1) is 18.0. The van der Waals surface area contributed by atoms with Crippen LogP contribution in [-0.2, 0) is 9.53 Å². The highest BCUT2D eigenvalue weighted by Gasteiger charge is 2.42. The summed E-state index contributed by atoms with van der Waals surface area (Å²) in [6, 6.07) is 0. The Morgan fingerprint density at radius 1 is 1.52 bits per heavy atom. The van der Waals surface area contributed by atoms with Gasteiger partial charge in [-0.25, -0.2) is 4.79 Å². The van der Waals surface area contributed by atoms with Crippen LogP contribution in [0.25, 0.3) is 0 Å². The SMILES string of the molecule is C=CC1(C)CCC(C2=CCC(C(C)(C)O)OC2=O)CC1C(=C)C.